The maximum atomic E-state index is 10.6. The van der Waals surface area contributed by atoms with Crippen LogP contribution in [0.4, 0.5) is 0 Å². The molecule has 76 valence electrons. The zero-order chi connectivity index (χ0) is 9.90. The average Bonchev–Trinajstić information content (AvgIpc) is 2.04. The van der Waals surface area contributed by atoms with Crippen LogP contribution in [-0.4, -0.2) is 25.2 Å². The first-order chi connectivity index (χ1) is 6.03. The number of carbonyl (C=O) groups is 1. The Morgan fingerprint density at radius 1 is 1.46 bits per heavy atom. The lowest BCUT2D eigenvalue weighted by Gasteiger charge is -2.32. The van der Waals surface area contributed by atoms with Gasteiger partial charge in [0.2, 0.25) is 0 Å². The van der Waals surface area contributed by atoms with Crippen molar-refractivity contribution in [2.24, 2.45) is 5.73 Å². The quantitative estimate of drug-likeness (QED) is 0.683. The monoisotopic (exact) mass is 201 g/mol. The summed E-state index contributed by atoms with van der Waals surface area (Å²) >= 11 is 0. The Labute approximate surface area is 80.3 Å². The van der Waals surface area contributed by atoms with E-state index in [2.05, 4.69) is 6.55 Å². The fourth-order valence-electron chi connectivity index (χ4n) is 2.23. The van der Waals surface area contributed by atoms with Gasteiger partial charge in [-0.05, 0) is 6.04 Å². The highest BCUT2D eigenvalue weighted by Gasteiger charge is 2.32. The van der Waals surface area contributed by atoms with Gasteiger partial charge in [-0.1, -0.05) is 37.9 Å². The molecule has 0 unspecified atom stereocenters. The maximum Gasteiger partial charge on any atom is 0.320 e. The molecule has 0 amide bonds. The third-order valence-electron chi connectivity index (χ3n) is 3.09. The Bertz CT molecular complexity index is 190. The molecule has 1 saturated heterocycles. The van der Waals surface area contributed by atoms with Crippen LogP contribution in [0.3, 0.4) is 0 Å². The van der Waals surface area contributed by atoms with Crippen molar-refractivity contribution in [1.82, 2.24) is 0 Å². The Hall–Kier alpha value is -0.353. The van der Waals surface area contributed by atoms with Crippen LogP contribution in [0.5, 0.6) is 0 Å². The predicted octanol–water partition coefficient (Wildman–Crippen LogP) is 1.66. The Balaban J connectivity index is 2.45. The Morgan fingerprint density at radius 2 is 2.00 bits per heavy atom. The molecule has 0 bridgehead atoms. The van der Waals surface area contributed by atoms with E-state index >= 15 is 0 Å². The highest BCUT2D eigenvalue weighted by atomic mass is 28.3. The highest BCUT2D eigenvalue weighted by Crippen LogP contribution is 2.32. The molecule has 13 heavy (non-hydrogen) atoms. The van der Waals surface area contributed by atoms with Gasteiger partial charge < -0.3 is 10.8 Å². The van der Waals surface area contributed by atoms with Gasteiger partial charge in [-0.2, -0.15) is 0 Å². The number of nitrogens with two attached hydrogens (primary N) is 1. The maximum absolute atomic E-state index is 10.6. The van der Waals surface area contributed by atoms with Gasteiger partial charge in [0.15, 0.2) is 0 Å². The van der Waals surface area contributed by atoms with Crippen LogP contribution in [0.2, 0.25) is 24.7 Å². The molecule has 0 aliphatic carbocycles. The third-order valence-corrected chi connectivity index (χ3v) is 7.64. The molecule has 0 aromatic rings. The Kier molecular flexibility index (Phi) is 3.50. The molecule has 0 spiro atoms. The summed E-state index contributed by atoms with van der Waals surface area (Å²) in [4.78, 5) is 10.6. The van der Waals surface area contributed by atoms with Crippen molar-refractivity contribution in [3.8, 4) is 0 Å². The summed E-state index contributed by atoms with van der Waals surface area (Å²) in [5.74, 6) is -0.834. The van der Waals surface area contributed by atoms with E-state index in [9.17, 15) is 4.79 Å². The molecular weight excluding hydrogens is 182 g/mol. The summed E-state index contributed by atoms with van der Waals surface area (Å²) in [5.41, 5.74) is 5.57. The van der Waals surface area contributed by atoms with Gasteiger partial charge >= 0.3 is 5.97 Å². The van der Waals surface area contributed by atoms with Gasteiger partial charge in [-0.3, -0.25) is 4.79 Å². The molecule has 1 heterocycles. The van der Waals surface area contributed by atoms with E-state index in [0.29, 0.717) is 0 Å². The summed E-state index contributed by atoms with van der Waals surface area (Å²) in [6.45, 7) is 2.30. The SMILES string of the molecule is C[Si]1(C[C@H](N)C(=O)O)CCCCC1. The molecule has 0 saturated carbocycles. The van der Waals surface area contributed by atoms with Gasteiger partial charge in [-0.25, -0.2) is 0 Å². The van der Waals surface area contributed by atoms with E-state index in [0.717, 1.165) is 6.04 Å². The standard InChI is InChI=1S/C9H19NO2Si/c1-13(5-3-2-4-6-13)7-8(10)9(11)12/h8H,2-7,10H2,1H3,(H,11,12)/t8-/m0/s1. The van der Waals surface area contributed by atoms with Gasteiger partial charge in [0.05, 0.1) is 8.07 Å². The van der Waals surface area contributed by atoms with Crippen molar-refractivity contribution >= 4 is 14.0 Å². The van der Waals surface area contributed by atoms with E-state index in [-0.39, 0.29) is 0 Å². The predicted molar refractivity (Wildman–Crippen MR) is 55.5 cm³/mol. The number of hydrogen-bond acceptors (Lipinski definition) is 2. The molecule has 0 radical (unpaired) electrons. The molecule has 3 N–H and O–H groups in total. The molecule has 3 nitrogen and oxygen atoms in total. The summed E-state index contributed by atoms with van der Waals surface area (Å²) in [5, 5.41) is 8.72. The van der Waals surface area contributed by atoms with Gasteiger partial charge in [-0.15, -0.1) is 0 Å². The number of aliphatic carboxylic acids is 1. The summed E-state index contributed by atoms with van der Waals surface area (Å²) in [7, 11) is -1.27. The zero-order valence-electron chi connectivity index (χ0n) is 8.25. The largest absolute Gasteiger partial charge is 0.480 e. The molecular formula is C9H19NO2Si. The van der Waals surface area contributed by atoms with Gasteiger partial charge in [0.25, 0.3) is 0 Å². The van der Waals surface area contributed by atoms with Crippen LogP contribution in [0.1, 0.15) is 19.3 Å². The minimum absolute atomic E-state index is 0.616. The van der Waals surface area contributed by atoms with E-state index in [4.69, 9.17) is 10.8 Å². The zero-order valence-corrected chi connectivity index (χ0v) is 9.25. The Morgan fingerprint density at radius 3 is 2.46 bits per heavy atom. The fourth-order valence-corrected chi connectivity index (χ4v) is 6.33. The second kappa shape index (κ2) is 4.24. The van der Waals surface area contributed by atoms with Crippen LogP contribution in [0, 0.1) is 0 Å². The number of carboxylic acid groups (broad SMARTS) is 1. The van der Waals surface area contributed by atoms with Crippen molar-refractivity contribution in [3.63, 3.8) is 0 Å². The second-order valence-electron chi connectivity index (χ2n) is 4.52. The van der Waals surface area contributed by atoms with Crippen LogP contribution in [0.25, 0.3) is 0 Å². The van der Waals surface area contributed by atoms with E-state index in [1.807, 2.05) is 0 Å². The van der Waals surface area contributed by atoms with Gasteiger partial charge in [0, 0.05) is 0 Å². The lowest BCUT2D eigenvalue weighted by Crippen LogP contribution is -2.42. The first-order valence-corrected chi connectivity index (χ1v) is 8.14. The van der Waals surface area contributed by atoms with Crippen molar-refractivity contribution < 1.29 is 9.90 Å². The molecule has 0 aromatic heterocycles. The minimum atomic E-state index is -1.27. The fraction of sp³-hybridized carbons (Fsp3) is 0.889. The van der Waals surface area contributed by atoms with Crippen LogP contribution in [-0.2, 0) is 4.79 Å². The van der Waals surface area contributed by atoms with Crippen LogP contribution < -0.4 is 5.73 Å². The molecule has 1 fully saturated rings. The topological polar surface area (TPSA) is 63.3 Å². The molecule has 1 aliphatic heterocycles. The van der Waals surface area contributed by atoms with Crippen molar-refractivity contribution in [3.05, 3.63) is 0 Å². The normalized spacial score (nSPS) is 23.8. The molecule has 0 aromatic carbocycles. The minimum Gasteiger partial charge on any atom is -0.480 e. The van der Waals surface area contributed by atoms with Crippen LogP contribution >= 0.6 is 0 Å². The first-order valence-electron chi connectivity index (χ1n) is 5.02. The second-order valence-corrected chi connectivity index (χ2v) is 9.55. The van der Waals surface area contributed by atoms with Crippen molar-refractivity contribution in [2.75, 3.05) is 0 Å². The summed E-state index contributed by atoms with van der Waals surface area (Å²) in [6.07, 6.45) is 3.90. The number of rotatable bonds is 3. The number of hydrogen-bond donors (Lipinski definition) is 2. The van der Waals surface area contributed by atoms with Crippen molar-refractivity contribution in [1.29, 1.82) is 0 Å². The average molecular weight is 201 g/mol. The highest BCUT2D eigenvalue weighted by molar-refractivity contribution is 6.79. The third kappa shape index (κ3) is 3.12. The molecule has 1 aliphatic rings. The molecule has 4 heteroatoms. The van der Waals surface area contributed by atoms with Crippen LogP contribution in [0.15, 0.2) is 0 Å². The van der Waals surface area contributed by atoms with E-state index in [1.165, 1.54) is 31.4 Å². The summed E-state index contributed by atoms with van der Waals surface area (Å²) in [6, 6.07) is 2.69. The lowest BCUT2D eigenvalue weighted by atomic mass is 10.3. The first kappa shape index (κ1) is 10.7. The van der Waals surface area contributed by atoms with E-state index in [1.54, 1.807) is 0 Å². The van der Waals surface area contributed by atoms with E-state index < -0.39 is 20.1 Å². The van der Waals surface area contributed by atoms with Gasteiger partial charge in [0.1, 0.15) is 6.04 Å². The summed E-state index contributed by atoms with van der Waals surface area (Å²) < 4.78 is 0. The van der Waals surface area contributed by atoms with Crippen molar-refractivity contribution in [2.45, 2.75) is 50.0 Å². The smallest absolute Gasteiger partial charge is 0.320 e. The molecule has 1 rings (SSSR count). The lowest BCUT2D eigenvalue weighted by molar-refractivity contribution is -0.138. The molecule has 1 atom stereocenters. The number of carboxylic acids is 1.